The molecule has 0 aromatic heterocycles. The molecule has 0 radical (unpaired) electrons. The van der Waals surface area contributed by atoms with E-state index < -0.39 is 15.9 Å². The van der Waals surface area contributed by atoms with Gasteiger partial charge in [-0.2, -0.15) is 0 Å². The number of hydrogen-bond acceptors (Lipinski definition) is 5. The molecule has 8 heteroatoms. The zero-order valence-corrected chi connectivity index (χ0v) is 14.2. The molecule has 0 spiro atoms. The van der Waals surface area contributed by atoms with Crippen molar-refractivity contribution in [2.45, 2.75) is 18.9 Å². The van der Waals surface area contributed by atoms with Crippen molar-refractivity contribution in [2.24, 2.45) is 5.92 Å². The third-order valence-electron chi connectivity index (χ3n) is 4.40. The average Bonchev–Trinajstić information content (AvgIpc) is 2.91. The van der Waals surface area contributed by atoms with E-state index >= 15 is 0 Å². The molecule has 2 amide bonds. The second-order valence-corrected chi connectivity index (χ2v) is 8.39. The van der Waals surface area contributed by atoms with Gasteiger partial charge in [0.25, 0.3) is 5.91 Å². The summed E-state index contributed by atoms with van der Waals surface area (Å²) in [4.78, 5) is 26.2. The summed E-state index contributed by atoms with van der Waals surface area (Å²) in [5.74, 6) is 0.0444. The van der Waals surface area contributed by atoms with Gasteiger partial charge in [0, 0.05) is 13.5 Å². The molecule has 1 aromatic carbocycles. The maximum Gasteiger partial charge on any atom is 0.262 e. The molecule has 24 heavy (non-hydrogen) atoms. The van der Waals surface area contributed by atoms with Crippen molar-refractivity contribution in [1.82, 2.24) is 5.32 Å². The van der Waals surface area contributed by atoms with Crippen molar-refractivity contribution in [3.8, 4) is 5.75 Å². The van der Waals surface area contributed by atoms with Gasteiger partial charge in [0.2, 0.25) is 5.91 Å². The van der Waals surface area contributed by atoms with Crippen LogP contribution in [0.5, 0.6) is 5.75 Å². The van der Waals surface area contributed by atoms with Crippen LogP contribution >= 0.6 is 0 Å². The van der Waals surface area contributed by atoms with Crippen LogP contribution in [0.1, 0.15) is 12.8 Å². The van der Waals surface area contributed by atoms with E-state index in [0.29, 0.717) is 17.9 Å². The molecule has 1 fully saturated rings. The van der Waals surface area contributed by atoms with Crippen LogP contribution in [-0.4, -0.2) is 51.4 Å². The van der Waals surface area contributed by atoms with Crippen LogP contribution in [0, 0.1) is 5.92 Å². The van der Waals surface area contributed by atoms with Crippen LogP contribution in [-0.2, 0) is 19.4 Å². The summed E-state index contributed by atoms with van der Waals surface area (Å²) in [6.07, 6.45) is -0.103. The minimum absolute atomic E-state index is 0.0591. The number of nitrogens with zero attached hydrogens (tertiary/aromatic N) is 1. The first kappa shape index (κ1) is 16.8. The Morgan fingerprint density at radius 1 is 1.33 bits per heavy atom. The van der Waals surface area contributed by atoms with Gasteiger partial charge < -0.3 is 15.0 Å². The smallest absolute Gasteiger partial charge is 0.262 e. The summed E-state index contributed by atoms with van der Waals surface area (Å²) in [5, 5.41) is 2.53. The Balaban J connectivity index is 1.80. The molecular formula is C16H20N2O5S. The number of benzene rings is 1. The number of ether oxygens (including phenoxy) is 1. The molecule has 2 atom stereocenters. The number of rotatable bonds is 3. The molecule has 130 valence electrons. The van der Waals surface area contributed by atoms with Crippen LogP contribution < -0.4 is 15.0 Å². The lowest BCUT2D eigenvalue weighted by molar-refractivity contribution is -0.128. The average molecular weight is 352 g/mol. The van der Waals surface area contributed by atoms with Gasteiger partial charge in [-0.05, 0) is 24.5 Å². The second-order valence-electron chi connectivity index (χ2n) is 6.17. The minimum atomic E-state index is -3.02. The molecule has 3 rings (SSSR count). The highest BCUT2D eigenvalue weighted by atomic mass is 32.2. The first-order chi connectivity index (χ1) is 11.4. The van der Waals surface area contributed by atoms with E-state index in [0.717, 1.165) is 0 Å². The Morgan fingerprint density at radius 2 is 2.08 bits per heavy atom. The molecule has 1 aromatic rings. The molecular weight excluding hydrogens is 332 g/mol. The summed E-state index contributed by atoms with van der Waals surface area (Å²) < 4.78 is 28.8. The monoisotopic (exact) mass is 352 g/mol. The number of amides is 2. The minimum Gasteiger partial charge on any atom is -0.477 e. The summed E-state index contributed by atoms with van der Waals surface area (Å²) in [7, 11) is -1.50. The first-order valence-corrected chi connectivity index (χ1v) is 9.70. The van der Waals surface area contributed by atoms with E-state index in [2.05, 4.69) is 5.32 Å². The highest BCUT2D eigenvalue weighted by Crippen LogP contribution is 2.34. The first-order valence-electron chi connectivity index (χ1n) is 7.87. The van der Waals surface area contributed by atoms with Gasteiger partial charge in [-0.25, -0.2) is 8.42 Å². The maximum atomic E-state index is 12.7. The van der Waals surface area contributed by atoms with Gasteiger partial charge >= 0.3 is 0 Å². The van der Waals surface area contributed by atoms with Crippen LogP contribution in [0.15, 0.2) is 24.3 Å². The van der Waals surface area contributed by atoms with E-state index in [1.54, 1.807) is 24.3 Å². The quantitative estimate of drug-likeness (QED) is 0.847. The molecule has 2 aliphatic heterocycles. The Bertz CT molecular complexity index is 761. The zero-order chi connectivity index (χ0) is 17.3. The Hall–Kier alpha value is -2.09. The number of hydrogen-bond donors (Lipinski definition) is 1. The number of sulfone groups is 1. The second kappa shape index (κ2) is 6.43. The summed E-state index contributed by atoms with van der Waals surface area (Å²) >= 11 is 0. The van der Waals surface area contributed by atoms with E-state index in [1.165, 1.54) is 11.9 Å². The Kier molecular flexibility index (Phi) is 4.49. The van der Waals surface area contributed by atoms with Crippen LogP contribution in [0.2, 0.25) is 0 Å². The van der Waals surface area contributed by atoms with Crippen molar-refractivity contribution in [3.05, 3.63) is 24.3 Å². The van der Waals surface area contributed by atoms with Crippen LogP contribution in [0.3, 0.4) is 0 Å². The fraction of sp³-hybridized carbons (Fsp3) is 0.500. The molecule has 0 bridgehead atoms. The number of carbonyl (C=O) groups is 2. The summed E-state index contributed by atoms with van der Waals surface area (Å²) in [6.45, 7) is 0.120. The molecule has 0 aliphatic carbocycles. The molecule has 0 unspecified atom stereocenters. The van der Waals surface area contributed by atoms with Crippen molar-refractivity contribution in [1.29, 1.82) is 0 Å². The standard InChI is InChI=1S/C16H20N2O5S/c1-17-16(20)14-9-18(12-4-2-3-5-13(12)23-14)15(19)8-11-6-7-24(21,22)10-11/h2-5,11,14H,6-10H2,1H3,(H,17,20)/t11-,14-/m0/s1. The Labute approximate surface area is 140 Å². The highest BCUT2D eigenvalue weighted by molar-refractivity contribution is 7.91. The molecule has 2 heterocycles. The molecule has 7 nitrogen and oxygen atoms in total. The third kappa shape index (κ3) is 3.38. The highest BCUT2D eigenvalue weighted by Gasteiger charge is 2.36. The van der Waals surface area contributed by atoms with E-state index in [9.17, 15) is 18.0 Å². The van der Waals surface area contributed by atoms with Crippen LogP contribution in [0.4, 0.5) is 5.69 Å². The maximum absolute atomic E-state index is 12.7. The van der Waals surface area contributed by atoms with Gasteiger partial charge in [-0.15, -0.1) is 0 Å². The molecule has 0 saturated carbocycles. The number of fused-ring (bicyclic) bond motifs is 1. The lowest BCUT2D eigenvalue weighted by Gasteiger charge is -2.34. The van der Waals surface area contributed by atoms with Crippen molar-refractivity contribution in [3.63, 3.8) is 0 Å². The fourth-order valence-corrected chi connectivity index (χ4v) is 5.02. The largest absolute Gasteiger partial charge is 0.477 e. The number of carbonyl (C=O) groups excluding carboxylic acids is 2. The Morgan fingerprint density at radius 3 is 2.75 bits per heavy atom. The summed E-state index contributed by atoms with van der Waals surface area (Å²) in [6, 6.07) is 7.05. The van der Waals surface area contributed by atoms with Crippen molar-refractivity contribution < 1.29 is 22.7 Å². The normalized spacial score (nSPS) is 24.8. The van der Waals surface area contributed by atoms with Gasteiger partial charge in [0.05, 0.1) is 23.7 Å². The molecule has 1 N–H and O–H groups in total. The van der Waals surface area contributed by atoms with Gasteiger partial charge in [0.15, 0.2) is 15.9 Å². The van der Waals surface area contributed by atoms with Gasteiger partial charge in [-0.3, -0.25) is 9.59 Å². The lowest BCUT2D eigenvalue weighted by atomic mass is 10.0. The lowest BCUT2D eigenvalue weighted by Crippen LogP contribution is -2.50. The van der Waals surface area contributed by atoms with Gasteiger partial charge in [0.1, 0.15) is 5.75 Å². The van der Waals surface area contributed by atoms with Crippen molar-refractivity contribution >= 4 is 27.3 Å². The third-order valence-corrected chi connectivity index (χ3v) is 6.24. The van der Waals surface area contributed by atoms with Gasteiger partial charge in [-0.1, -0.05) is 12.1 Å². The van der Waals surface area contributed by atoms with E-state index in [1.807, 2.05) is 0 Å². The summed E-state index contributed by atoms with van der Waals surface area (Å²) in [5.41, 5.74) is 0.614. The zero-order valence-electron chi connectivity index (χ0n) is 13.4. The fourth-order valence-electron chi connectivity index (χ4n) is 3.16. The predicted octanol–water partition coefficient (Wildman–Crippen LogP) is 0.351. The van der Waals surface area contributed by atoms with E-state index in [-0.39, 0.29) is 42.2 Å². The predicted molar refractivity (Wildman–Crippen MR) is 88.7 cm³/mol. The number of anilines is 1. The number of para-hydroxylation sites is 2. The number of nitrogens with one attached hydrogen (secondary N) is 1. The SMILES string of the molecule is CNC(=O)[C@@H]1CN(C(=O)C[C@@H]2CCS(=O)(=O)C2)c2ccccc2O1. The molecule has 1 saturated heterocycles. The van der Waals surface area contributed by atoms with Crippen molar-refractivity contribution in [2.75, 3.05) is 30.0 Å². The molecule has 2 aliphatic rings. The number of likely N-dealkylation sites (N-methyl/N-ethyl adjacent to an activating group) is 1. The van der Waals surface area contributed by atoms with E-state index in [4.69, 9.17) is 4.74 Å². The van der Waals surface area contributed by atoms with Crippen LogP contribution in [0.25, 0.3) is 0 Å². The topological polar surface area (TPSA) is 92.8 Å².